The van der Waals surface area contributed by atoms with E-state index in [2.05, 4.69) is 0 Å². The van der Waals surface area contributed by atoms with E-state index in [1.54, 1.807) is 24.3 Å². The zero-order valence-corrected chi connectivity index (χ0v) is 11.0. The van der Waals surface area contributed by atoms with Crippen molar-refractivity contribution in [3.05, 3.63) is 57.0 Å². The Hall–Kier alpha value is -2.54. The third kappa shape index (κ3) is 2.57. The Morgan fingerprint density at radius 2 is 1.90 bits per heavy atom. The van der Waals surface area contributed by atoms with E-state index in [0.717, 1.165) is 12.3 Å². The fourth-order valence-corrected chi connectivity index (χ4v) is 1.73. The predicted octanol–water partition coefficient (Wildman–Crippen LogP) is 2.68. The molecule has 0 N–H and O–H groups in total. The smallest absolute Gasteiger partial charge is 0.336 e. The van der Waals surface area contributed by atoms with Gasteiger partial charge in [0.05, 0.1) is 18.1 Å². The van der Waals surface area contributed by atoms with E-state index in [1.807, 2.05) is 0 Å². The molecule has 0 aliphatic carbocycles. The first-order valence-electron chi connectivity index (χ1n) is 5.41. The van der Waals surface area contributed by atoms with Gasteiger partial charge < -0.3 is 14.7 Å². The van der Waals surface area contributed by atoms with E-state index in [9.17, 15) is 15.3 Å². The molecule has 7 nitrogen and oxygen atoms in total. The van der Waals surface area contributed by atoms with Crippen molar-refractivity contribution < 1.29 is 19.1 Å². The Bertz CT molecular complexity index is 662. The zero-order chi connectivity index (χ0) is 14.7. The second-order valence-corrected chi connectivity index (χ2v) is 4.01. The molecule has 0 atom stereocenters. The normalized spacial score (nSPS) is 10.1. The molecule has 0 spiro atoms. The summed E-state index contributed by atoms with van der Waals surface area (Å²) in [5.74, 6) is 0.240. The number of hydrogen-bond acceptors (Lipinski definition) is 5. The average Bonchev–Trinajstić information content (AvgIpc) is 2.44. The minimum atomic E-state index is -0.684. The van der Waals surface area contributed by atoms with Crippen LogP contribution in [0.1, 0.15) is 0 Å². The lowest BCUT2D eigenvalue weighted by molar-refractivity contribution is -0.604. The highest BCUT2D eigenvalue weighted by Gasteiger charge is 2.27. The van der Waals surface area contributed by atoms with E-state index in [0.29, 0.717) is 5.75 Å². The third-order valence-electron chi connectivity index (χ3n) is 2.46. The first-order valence-corrected chi connectivity index (χ1v) is 5.79. The van der Waals surface area contributed by atoms with E-state index in [4.69, 9.17) is 21.1 Å². The molecule has 2 aromatic rings. The van der Waals surface area contributed by atoms with Crippen molar-refractivity contribution in [2.45, 2.75) is 0 Å². The molecule has 1 aromatic heterocycles. The maximum atomic E-state index is 11.4. The van der Waals surface area contributed by atoms with Crippen molar-refractivity contribution >= 4 is 17.3 Å². The Morgan fingerprint density at radius 1 is 1.25 bits per heavy atom. The van der Waals surface area contributed by atoms with Gasteiger partial charge >= 0.3 is 10.8 Å². The lowest BCUT2D eigenvalue weighted by atomic mass is 10.3. The van der Waals surface area contributed by atoms with E-state index in [1.165, 1.54) is 7.11 Å². The van der Waals surface area contributed by atoms with Gasteiger partial charge in [0.25, 0.3) is 5.75 Å². The second kappa shape index (κ2) is 5.62. The van der Waals surface area contributed by atoms with Gasteiger partial charge in [0.2, 0.25) is 0 Å². The topological polar surface area (TPSA) is 88.5 Å². The fourth-order valence-electron chi connectivity index (χ4n) is 1.54. The van der Waals surface area contributed by atoms with Gasteiger partial charge in [-0.05, 0) is 23.7 Å². The predicted molar refractivity (Wildman–Crippen MR) is 70.1 cm³/mol. The first-order chi connectivity index (χ1) is 9.54. The van der Waals surface area contributed by atoms with Crippen molar-refractivity contribution in [3.63, 3.8) is 0 Å². The van der Waals surface area contributed by atoms with Gasteiger partial charge in [-0.2, -0.15) is 4.73 Å². The van der Waals surface area contributed by atoms with E-state index < -0.39 is 15.8 Å². The van der Waals surface area contributed by atoms with E-state index in [-0.39, 0.29) is 16.2 Å². The average molecular weight is 297 g/mol. The second-order valence-electron chi connectivity index (χ2n) is 3.66. The number of aromatic nitrogens is 1. The van der Waals surface area contributed by atoms with Crippen LogP contribution in [0.3, 0.4) is 0 Å². The summed E-state index contributed by atoms with van der Waals surface area (Å²) in [6.07, 6.45) is 0.940. The number of pyridine rings is 1. The zero-order valence-electron chi connectivity index (χ0n) is 10.3. The molecule has 0 amide bonds. The molecular weight excluding hydrogens is 288 g/mol. The van der Waals surface area contributed by atoms with Crippen LogP contribution >= 0.6 is 11.6 Å². The van der Waals surface area contributed by atoms with Crippen LogP contribution in [0.25, 0.3) is 0 Å². The van der Waals surface area contributed by atoms with Crippen molar-refractivity contribution in [2.75, 3.05) is 7.11 Å². The van der Waals surface area contributed by atoms with E-state index >= 15 is 0 Å². The van der Waals surface area contributed by atoms with Gasteiger partial charge in [-0.1, -0.05) is 12.1 Å². The summed E-state index contributed by atoms with van der Waals surface area (Å²) in [5, 5.41) is 21.9. The van der Waals surface area contributed by atoms with Crippen molar-refractivity contribution in [1.29, 1.82) is 0 Å². The molecule has 1 heterocycles. The summed E-state index contributed by atoms with van der Waals surface area (Å²) in [7, 11) is 1.43. The molecule has 2 rings (SSSR count). The Balaban J connectivity index is 2.52. The van der Waals surface area contributed by atoms with Crippen LogP contribution in [-0.4, -0.2) is 12.0 Å². The van der Waals surface area contributed by atoms with Crippen molar-refractivity contribution in [1.82, 2.24) is 0 Å². The number of halogens is 1. The molecule has 1 aromatic carbocycles. The molecule has 0 saturated carbocycles. The highest BCUT2D eigenvalue weighted by Crippen LogP contribution is 2.38. The maximum absolute atomic E-state index is 11.4. The van der Waals surface area contributed by atoms with Gasteiger partial charge in [-0.25, -0.2) is 0 Å². The summed E-state index contributed by atoms with van der Waals surface area (Å²) < 4.78 is 10.7. The molecule has 8 heteroatoms. The molecular formula is C12H9ClN2O5. The summed E-state index contributed by atoms with van der Waals surface area (Å²) in [5.41, 5.74) is -0.409. The molecule has 20 heavy (non-hydrogen) atoms. The minimum absolute atomic E-state index is 0.214. The molecule has 0 saturated heterocycles. The fraction of sp³-hybridized carbons (Fsp3) is 0.0833. The largest absolute Gasteiger partial charge is 0.618 e. The molecule has 104 valence electrons. The standard InChI is InChI=1S/C12H9ClN2O5/c1-19-9-4-2-3-5-10(9)20-11-8(15(17)18)6-7-14(16)12(11)13/h2-7H,1H3. The van der Waals surface area contributed by atoms with Crippen LogP contribution in [0.15, 0.2) is 36.5 Å². The third-order valence-corrected chi connectivity index (χ3v) is 2.80. The van der Waals surface area contributed by atoms with Crippen LogP contribution in [0, 0.1) is 15.3 Å². The van der Waals surface area contributed by atoms with Gasteiger partial charge in [-0.15, -0.1) is 0 Å². The number of para-hydroxylation sites is 2. The van der Waals surface area contributed by atoms with Gasteiger partial charge in [-0.3, -0.25) is 10.1 Å². The lowest BCUT2D eigenvalue weighted by Crippen LogP contribution is -2.27. The Kier molecular flexibility index (Phi) is 3.90. The van der Waals surface area contributed by atoms with Crippen LogP contribution in [0.4, 0.5) is 5.69 Å². The number of nitrogens with zero attached hydrogens (tertiary/aromatic N) is 2. The van der Waals surface area contributed by atoms with Gasteiger partial charge in [0.15, 0.2) is 17.7 Å². The quantitative estimate of drug-likeness (QED) is 0.284. The Morgan fingerprint density at radius 3 is 2.50 bits per heavy atom. The number of benzene rings is 1. The number of methoxy groups -OCH3 is 1. The minimum Gasteiger partial charge on any atom is -0.618 e. The molecule has 0 unspecified atom stereocenters. The number of ether oxygens (including phenoxy) is 2. The SMILES string of the molecule is COc1ccccc1Oc1c([N+](=O)[O-])cc[n+]([O-])c1Cl. The molecule has 0 fully saturated rings. The van der Waals surface area contributed by atoms with Crippen LogP contribution < -0.4 is 14.2 Å². The molecule has 0 bridgehead atoms. The summed E-state index contributed by atoms with van der Waals surface area (Å²) in [6, 6.07) is 7.54. The van der Waals surface area contributed by atoms with Crippen LogP contribution in [-0.2, 0) is 0 Å². The molecule has 0 aliphatic heterocycles. The highest BCUT2D eigenvalue weighted by molar-refractivity contribution is 6.30. The Labute approximate surface area is 118 Å². The number of hydrogen-bond donors (Lipinski definition) is 0. The monoisotopic (exact) mass is 296 g/mol. The summed E-state index contributed by atoms with van der Waals surface area (Å²) in [4.78, 5) is 10.3. The van der Waals surface area contributed by atoms with Crippen molar-refractivity contribution in [3.8, 4) is 17.2 Å². The van der Waals surface area contributed by atoms with Crippen LogP contribution in [0.5, 0.6) is 17.2 Å². The highest BCUT2D eigenvalue weighted by atomic mass is 35.5. The van der Waals surface area contributed by atoms with Gasteiger partial charge in [0.1, 0.15) is 0 Å². The summed E-state index contributed by atoms with van der Waals surface area (Å²) in [6.45, 7) is 0. The molecule has 0 aliphatic rings. The number of nitro groups is 1. The van der Waals surface area contributed by atoms with Crippen LogP contribution in [0.2, 0.25) is 5.15 Å². The first kappa shape index (κ1) is 13.9. The van der Waals surface area contributed by atoms with Crippen molar-refractivity contribution in [2.24, 2.45) is 0 Å². The number of rotatable bonds is 4. The molecule has 0 radical (unpaired) electrons. The lowest BCUT2D eigenvalue weighted by Gasteiger charge is -2.10. The summed E-state index contributed by atoms with van der Waals surface area (Å²) >= 11 is 5.77. The maximum Gasteiger partial charge on any atom is 0.336 e. The van der Waals surface area contributed by atoms with Gasteiger partial charge in [0, 0.05) is 0 Å².